The molecule has 5 nitrogen and oxygen atoms in total. The highest BCUT2D eigenvalue weighted by molar-refractivity contribution is 5.94. The Morgan fingerprint density at radius 1 is 1.11 bits per heavy atom. The Labute approximate surface area is 161 Å². The van der Waals surface area contributed by atoms with Gasteiger partial charge in [0.25, 0.3) is 5.91 Å². The van der Waals surface area contributed by atoms with Gasteiger partial charge in [0.05, 0.1) is 17.8 Å². The molecule has 0 spiro atoms. The average molecular weight is 373 g/mol. The Kier molecular flexibility index (Phi) is 6.11. The third kappa shape index (κ3) is 5.26. The summed E-state index contributed by atoms with van der Waals surface area (Å²) in [6.07, 6.45) is 1.49. The molecule has 3 rings (SSSR count). The Balaban J connectivity index is 1.58. The second kappa shape index (κ2) is 9.10. The number of hydrazone groups is 1. The third-order valence-electron chi connectivity index (χ3n) is 3.81. The van der Waals surface area contributed by atoms with Crippen molar-refractivity contribution in [3.63, 3.8) is 0 Å². The van der Waals surface area contributed by atoms with E-state index >= 15 is 0 Å². The first kappa shape index (κ1) is 18.8. The predicted molar refractivity (Wildman–Crippen MR) is 103 cm³/mol. The number of carbonyl (C=O) groups is 1. The number of nitrogens with zero attached hydrogens (tertiary/aromatic N) is 2. The summed E-state index contributed by atoms with van der Waals surface area (Å²) in [6.45, 7) is 0.331. The summed E-state index contributed by atoms with van der Waals surface area (Å²) in [5, 5.41) is 12.9. The highest BCUT2D eigenvalue weighted by Gasteiger charge is 2.04. The van der Waals surface area contributed by atoms with Gasteiger partial charge < -0.3 is 4.74 Å². The van der Waals surface area contributed by atoms with Gasteiger partial charge in [0.2, 0.25) is 0 Å². The van der Waals surface area contributed by atoms with Crippen molar-refractivity contribution in [2.45, 2.75) is 6.61 Å². The van der Waals surface area contributed by atoms with Crippen LogP contribution in [0, 0.1) is 17.1 Å². The SMILES string of the molecule is N#Cc1cccc(COc2cccc(/C=N\NC(=O)c3ccc(F)cc3)c2)c1. The number of halogens is 1. The number of hydrogen-bond acceptors (Lipinski definition) is 4. The summed E-state index contributed by atoms with van der Waals surface area (Å²) in [5.41, 5.74) is 4.92. The van der Waals surface area contributed by atoms with E-state index in [0.29, 0.717) is 23.5 Å². The van der Waals surface area contributed by atoms with E-state index in [-0.39, 0.29) is 0 Å². The molecule has 28 heavy (non-hydrogen) atoms. The minimum Gasteiger partial charge on any atom is -0.489 e. The molecule has 0 fully saturated rings. The number of benzene rings is 3. The summed E-state index contributed by atoms with van der Waals surface area (Å²) in [6, 6.07) is 21.7. The van der Waals surface area contributed by atoms with Gasteiger partial charge in [-0.3, -0.25) is 4.79 Å². The van der Waals surface area contributed by atoms with Crippen LogP contribution in [0.25, 0.3) is 0 Å². The topological polar surface area (TPSA) is 74.5 Å². The first-order chi connectivity index (χ1) is 13.6. The van der Waals surface area contributed by atoms with Gasteiger partial charge in [-0.2, -0.15) is 10.4 Å². The number of rotatable bonds is 6. The highest BCUT2D eigenvalue weighted by Crippen LogP contribution is 2.15. The van der Waals surface area contributed by atoms with E-state index in [1.807, 2.05) is 30.3 Å². The fraction of sp³-hybridized carbons (Fsp3) is 0.0455. The van der Waals surface area contributed by atoms with Crippen molar-refractivity contribution in [2.75, 3.05) is 0 Å². The first-order valence-corrected chi connectivity index (χ1v) is 8.45. The van der Waals surface area contributed by atoms with Crippen molar-refractivity contribution in [3.8, 4) is 11.8 Å². The lowest BCUT2D eigenvalue weighted by Crippen LogP contribution is -2.17. The summed E-state index contributed by atoms with van der Waals surface area (Å²) in [4.78, 5) is 11.9. The number of nitriles is 1. The molecule has 0 aliphatic heterocycles. The molecule has 0 saturated heterocycles. The van der Waals surface area contributed by atoms with E-state index in [1.165, 1.54) is 30.5 Å². The Morgan fingerprint density at radius 2 is 1.89 bits per heavy atom. The number of carbonyl (C=O) groups excluding carboxylic acids is 1. The average Bonchev–Trinajstić information content (AvgIpc) is 2.73. The van der Waals surface area contributed by atoms with Crippen molar-refractivity contribution >= 4 is 12.1 Å². The van der Waals surface area contributed by atoms with Crippen molar-refractivity contribution < 1.29 is 13.9 Å². The molecule has 3 aromatic rings. The van der Waals surface area contributed by atoms with Gasteiger partial charge in [0, 0.05) is 5.56 Å². The zero-order valence-electron chi connectivity index (χ0n) is 14.8. The molecule has 0 radical (unpaired) electrons. The van der Waals surface area contributed by atoms with Crippen LogP contribution in [0.4, 0.5) is 4.39 Å². The summed E-state index contributed by atoms with van der Waals surface area (Å²) >= 11 is 0. The molecule has 0 heterocycles. The van der Waals surface area contributed by atoms with Crippen LogP contribution in [0.1, 0.15) is 27.0 Å². The number of amides is 1. The molecular formula is C22H16FN3O2. The Morgan fingerprint density at radius 3 is 2.68 bits per heavy atom. The quantitative estimate of drug-likeness (QED) is 0.523. The lowest BCUT2D eigenvalue weighted by atomic mass is 10.1. The van der Waals surface area contributed by atoms with Crippen molar-refractivity contribution in [1.29, 1.82) is 5.26 Å². The number of ether oxygens (including phenoxy) is 1. The molecule has 0 atom stereocenters. The van der Waals surface area contributed by atoms with Crippen LogP contribution < -0.4 is 10.2 Å². The highest BCUT2D eigenvalue weighted by atomic mass is 19.1. The van der Waals surface area contributed by atoms with Crippen LogP contribution in [0.2, 0.25) is 0 Å². The largest absolute Gasteiger partial charge is 0.489 e. The molecule has 0 aliphatic rings. The van der Waals surface area contributed by atoms with Gasteiger partial charge in [0.15, 0.2) is 0 Å². The molecular weight excluding hydrogens is 357 g/mol. The molecule has 1 N–H and O–H groups in total. The van der Waals surface area contributed by atoms with E-state index in [9.17, 15) is 9.18 Å². The molecule has 0 bridgehead atoms. The zero-order chi connectivity index (χ0) is 19.8. The van der Waals surface area contributed by atoms with E-state index in [1.54, 1.807) is 18.2 Å². The minimum absolute atomic E-state index is 0.315. The normalized spacial score (nSPS) is 10.4. The van der Waals surface area contributed by atoms with E-state index in [2.05, 4.69) is 16.6 Å². The smallest absolute Gasteiger partial charge is 0.271 e. The maximum atomic E-state index is 12.9. The molecule has 0 aromatic heterocycles. The van der Waals surface area contributed by atoms with Crippen LogP contribution in [-0.4, -0.2) is 12.1 Å². The van der Waals surface area contributed by atoms with Gasteiger partial charge in [-0.15, -0.1) is 0 Å². The maximum absolute atomic E-state index is 12.9. The summed E-state index contributed by atoms with van der Waals surface area (Å²) in [5.74, 6) is -0.201. The molecule has 138 valence electrons. The van der Waals surface area contributed by atoms with Gasteiger partial charge in [-0.1, -0.05) is 24.3 Å². The lowest BCUT2D eigenvalue weighted by molar-refractivity contribution is 0.0955. The van der Waals surface area contributed by atoms with E-state index in [0.717, 1.165) is 11.1 Å². The summed E-state index contributed by atoms with van der Waals surface area (Å²) in [7, 11) is 0. The Hall–Kier alpha value is -3.98. The first-order valence-electron chi connectivity index (χ1n) is 8.45. The van der Waals surface area contributed by atoms with Crippen LogP contribution in [0.15, 0.2) is 77.9 Å². The maximum Gasteiger partial charge on any atom is 0.271 e. The fourth-order valence-electron chi connectivity index (χ4n) is 2.41. The second-order valence-corrected chi connectivity index (χ2v) is 5.88. The molecule has 0 saturated carbocycles. The van der Waals surface area contributed by atoms with Crippen LogP contribution >= 0.6 is 0 Å². The van der Waals surface area contributed by atoms with E-state index in [4.69, 9.17) is 10.00 Å². The van der Waals surface area contributed by atoms with Crippen molar-refractivity contribution in [1.82, 2.24) is 5.43 Å². The second-order valence-electron chi connectivity index (χ2n) is 5.88. The monoisotopic (exact) mass is 373 g/mol. The number of nitrogens with one attached hydrogen (secondary N) is 1. The van der Waals surface area contributed by atoms with E-state index < -0.39 is 11.7 Å². The molecule has 1 amide bonds. The standard InChI is InChI=1S/C22H16FN3O2/c23-20-9-7-19(8-10-20)22(27)26-25-14-17-4-2-6-21(12-17)28-15-18-5-1-3-16(11-18)13-24/h1-12,14H,15H2,(H,26,27)/b25-14-. The van der Waals surface area contributed by atoms with Gasteiger partial charge in [-0.25, -0.2) is 9.82 Å². The number of hydrogen-bond donors (Lipinski definition) is 1. The van der Waals surface area contributed by atoms with Gasteiger partial charge >= 0.3 is 0 Å². The zero-order valence-corrected chi connectivity index (χ0v) is 14.8. The lowest BCUT2D eigenvalue weighted by Gasteiger charge is -2.07. The molecule has 0 aliphatic carbocycles. The molecule has 3 aromatic carbocycles. The fourth-order valence-corrected chi connectivity index (χ4v) is 2.41. The molecule has 0 unspecified atom stereocenters. The van der Waals surface area contributed by atoms with Crippen LogP contribution in [0.5, 0.6) is 5.75 Å². The predicted octanol–water partition coefficient (Wildman–Crippen LogP) is 4.04. The van der Waals surface area contributed by atoms with Crippen LogP contribution in [0.3, 0.4) is 0 Å². The summed E-state index contributed by atoms with van der Waals surface area (Å²) < 4.78 is 18.6. The molecule has 6 heteroatoms. The van der Waals surface area contributed by atoms with Gasteiger partial charge in [-0.05, 0) is 59.7 Å². The third-order valence-corrected chi connectivity index (χ3v) is 3.81. The van der Waals surface area contributed by atoms with Crippen LogP contribution in [-0.2, 0) is 6.61 Å². The Bertz CT molecular complexity index is 1040. The van der Waals surface area contributed by atoms with Crippen molar-refractivity contribution in [3.05, 3.63) is 101 Å². The minimum atomic E-state index is -0.430. The van der Waals surface area contributed by atoms with Crippen molar-refractivity contribution in [2.24, 2.45) is 5.10 Å². The van der Waals surface area contributed by atoms with Gasteiger partial charge in [0.1, 0.15) is 18.2 Å².